The van der Waals surface area contributed by atoms with Gasteiger partial charge in [-0.05, 0) is 26.2 Å². The minimum atomic E-state index is -0.417. The highest BCUT2D eigenvalue weighted by molar-refractivity contribution is 9.09. The quantitative estimate of drug-likeness (QED) is 0.231. The summed E-state index contributed by atoms with van der Waals surface area (Å²) in [5, 5.41) is 11.5. The Morgan fingerprint density at radius 3 is 1.48 bits per heavy atom. The van der Waals surface area contributed by atoms with Crippen LogP contribution in [0.25, 0.3) is 0 Å². The Balaban J connectivity index is 3.35. The molecule has 0 amide bonds. The lowest BCUT2D eigenvalue weighted by atomic mass is 9.91. The van der Waals surface area contributed by atoms with Gasteiger partial charge in [0.25, 0.3) is 0 Å². The fourth-order valence-corrected chi connectivity index (χ4v) is 3.29. The minimum Gasteiger partial charge on any atom is -0.390 e. The molecule has 0 aliphatic heterocycles. The van der Waals surface area contributed by atoms with Crippen molar-refractivity contribution in [3.8, 4) is 0 Å². The summed E-state index contributed by atoms with van der Waals surface area (Å²) in [6.07, 6.45) is 19.1. The molecule has 1 unspecified atom stereocenters. The molecule has 0 aromatic carbocycles. The van der Waals surface area contributed by atoms with Crippen LogP contribution < -0.4 is 0 Å². The van der Waals surface area contributed by atoms with Crippen LogP contribution in [0, 0.1) is 0 Å². The van der Waals surface area contributed by atoms with E-state index in [1.807, 2.05) is 6.92 Å². The summed E-state index contributed by atoms with van der Waals surface area (Å²) in [7, 11) is 0. The number of hydrogen-bond acceptors (Lipinski definition) is 1. The molecule has 0 heterocycles. The van der Waals surface area contributed by atoms with Crippen LogP contribution in [0.1, 0.15) is 110 Å². The lowest BCUT2D eigenvalue weighted by molar-refractivity contribution is 0.0366. The molecule has 0 aromatic heterocycles. The Kier molecular flexibility index (Phi) is 15.7. The Morgan fingerprint density at radius 1 is 0.667 bits per heavy atom. The van der Waals surface area contributed by atoms with E-state index in [-0.39, 0.29) is 0 Å². The van der Waals surface area contributed by atoms with Gasteiger partial charge in [0.2, 0.25) is 0 Å². The molecule has 1 atom stereocenters. The molecule has 0 aliphatic rings. The second kappa shape index (κ2) is 15.3. The highest BCUT2D eigenvalue weighted by Gasteiger charge is 2.18. The van der Waals surface area contributed by atoms with Crippen LogP contribution in [0.5, 0.6) is 0 Å². The number of hydrogen-bond donors (Lipinski definition) is 1. The SMILES string of the molecule is CCCCCCCCCC(C)(O)CCCCCCCCBr. The zero-order valence-corrected chi connectivity index (χ0v) is 16.2. The monoisotopic (exact) mass is 362 g/mol. The van der Waals surface area contributed by atoms with Gasteiger partial charge in [-0.25, -0.2) is 0 Å². The van der Waals surface area contributed by atoms with E-state index in [1.165, 1.54) is 83.5 Å². The number of halogens is 1. The fourth-order valence-electron chi connectivity index (χ4n) is 2.90. The summed E-state index contributed by atoms with van der Waals surface area (Å²) >= 11 is 3.47. The van der Waals surface area contributed by atoms with E-state index in [0.29, 0.717) is 0 Å². The van der Waals surface area contributed by atoms with E-state index in [4.69, 9.17) is 0 Å². The highest BCUT2D eigenvalue weighted by atomic mass is 79.9. The van der Waals surface area contributed by atoms with Crippen LogP contribution in [0.4, 0.5) is 0 Å². The van der Waals surface area contributed by atoms with Crippen molar-refractivity contribution >= 4 is 15.9 Å². The second-order valence-electron chi connectivity index (χ2n) is 6.93. The summed E-state index contributed by atoms with van der Waals surface area (Å²) in [6.45, 7) is 4.30. The standard InChI is InChI=1S/C19H39BrO/c1-3-4-5-6-7-10-13-16-19(2,21)17-14-11-8-9-12-15-18-20/h21H,3-18H2,1-2H3. The first-order valence-corrected chi connectivity index (χ1v) is 10.5. The van der Waals surface area contributed by atoms with Gasteiger partial charge in [0.15, 0.2) is 0 Å². The van der Waals surface area contributed by atoms with Crippen molar-refractivity contribution in [1.29, 1.82) is 0 Å². The third kappa shape index (κ3) is 16.6. The van der Waals surface area contributed by atoms with E-state index < -0.39 is 5.60 Å². The molecular formula is C19H39BrO. The van der Waals surface area contributed by atoms with Gasteiger partial charge in [-0.1, -0.05) is 99.9 Å². The normalized spacial score (nSPS) is 14.3. The summed E-state index contributed by atoms with van der Waals surface area (Å²) in [4.78, 5) is 0. The third-order valence-electron chi connectivity index (χ3n) is 4.42. The zero-order valence-electron chi connectivity index (χ0n) is 14.6. The van der Waals surface area contributed by atoms with Crippen molar-refractivity contribution in [1.82, 2.24) is 0 Å². The average molecular weight is 363 g/mol. The van der Waals surface area contributed by atoms with E-state index in [1.54, 1.807) is 0 Å². The number of alkyl halides is 1. The van der Waals surface area contributed by atoms with Crippen molar-refractivity contribution < 1.29 is 5.11 Å². The van der Waals surface area contributed by atoms with Gasteiger partial charge in [-0.3, -0.25) is 0 Å². The van der Waals surface area contributed by atoms with Gasteiger partial charge < -0.3 is 5.11 Å². The van der Waals surface area contributed by atoms with Crippen molar-refractivity contribution in [2.45, 2.75) is 116 Å². The van der Waals surface area contributed by atoms with Gasteiger partial charge in [-0.2, -0.15) is 0 Å². The molecule has 2 heteroatoms. The summed E-state index contributed by atoms with van der Waals surface area (Å²) < 4.78 is 0. The maximum absolute atomic E-state index is 10.4. The maximum atomic E-state index is 10.4. The third-order valence-corrected chi connectivity index (χ3v) is 4.98. The van der Waals surface area contributed by atoms with Crippen LogP contribution >= 0.6 is 15.9 Å². The number of rotatable bonds is 16. The van der Waals surface area contributed by atoms with Gasteiger partial charge in [0, 0.05) is 5.33 Å². The molecule has 0 aliphatic carbocycles. The Morgan fingerprint density at radius 2 is 1.05 bits per heavy atom. The first-order valence-electron chi connectivity index (χ1n) is 9.41. The van der Waals surface area contributed by atoms with Crippen LogP contribution in [-0.2, 0) is 0 Å². The predicted octanol–water partition coefficient (Wildman–Crippen LogP) is 7.00. The Hall–Kier alpha value is 0.440. The summed E-state index contributed by atoms with van der Waals surface area (Å²) in [5.41, 5.74) is -0.417. The second-order valence-corrected chi connectivity index (χ2v) is 7.72. The van der Waals surface area contributed by atoms with Crippen molar-refractivity contribution in [3.05, 3.63) is 0 Å². The lowest BCUT2D eigenvalue weighted by Gasteiger charge is -2.23. The Labute approximate surface area is 142 Å². The average Bonchev–Trinajstić information content (AvgIpc) is 2.45. The van der Waals surface area contributed by atoms with Crippen molar-refractivity contribution in [2.24, 2.45) is 0 Å². The molecule has 0 bridgehead atoms. The largest absolute Gasteiger partial charge is 0.390 e. The van der Waals surface area contributed by atoms with Crippen LogP contribution in [0.2, 0.25) is 0 Å². The predicted molar refractivity (Wildman–Crippen MR) is 99.3 cm³/mol. The van der Waals surface area contributed by atoms with E-state index in [0.717, 1.165) is 18.2 Å². The molecule has 0 saturated heterocycles. The molecule has 128 valence electrons. The van der Waals surface area contributed by atoms with Crippen LogP contribution in [-0.4, -0.2) is 16.0 Å². The molecule has 0 radical (unpaired) electrons. The molecule has 1 N–H and O–H groups in total. The zero-order chi connectivity index (χ0) is 15.8. The minimum absolute atomic E-state index is 0.417. The molecule has 1 nitrogen and oxygen atoms in total. The van der Waals surface area contributed by atoms with Gasteiger partial charge in [-0.15, -0.1) is 0 Å². The number of unbranched alkanes of at least 4 members (excludes halogenated alkanes) is 11. The fraction of sp³-hybridized carbons (Fsp3) is 1.00. The first kappa shape index (κ1) is 21.4. The topological polar surface area (TPSA) is 20.2 Å². The Bertz CT molecular complexity index is 184. The molecule has 0 saturated carbocycles. The lowest BCUT2D eigenvalue weighted by Crippen LogP contribution is -2.23. The van der Waals surface area contributed by atoms with E-state index in [2.05, 4.69) is 22.9 Å². The maximum Gasteiger partial charge on any atom is 0.0619 e. The van der Waals surface area contributed by atoms with Crippen LogP contribution in [0.3, 0.4) is 0 Å². The molecule has 0 rings (SSSR count). The molecular weight excluding hydrogens is 324 g/mol. The molecule has 21 heavy (non-hydrogen) atoms. The summed E-state index contributed by atoms with van der Waals surface area (Å²) in [5.74, 6) is 0. The van der Waals surface area contributed by atoms with E-state index in [9.17, 15) is 5.11 Å². The molecule has 0 aromatic rings. The van der Waals surface area contributed by atoms with Crippen molar-refractivity contribution in [3.63, 3.8) is 0 Å². The molecule has 0 spiro atoms. The first-order chi connectivity index (χ1) is 10.1. The summed E-state index contributed by atoms with van der Waals surface area (Å²) in [6, 6.07) is 0. The molecule has 0 fully saturated rings. The van der Waals surface area contributed by atoms with Crippen molar-refractivity contribution in [2.75, 3.05) is 5.33 Å². The smallest absolute Gasteiger partial charge is 0.0619 e. The van der Waals surface area contributed by atoms with Crippen LogP contribution in [0.15, 0.2) is 0 Å². The van der Waals surface area contributed by atoms with Gasteiger partial charge in [0.05, 0.1) is 5.60 Å². The highest BCUT2D eigenvalue weighted by Crippen LogP contribution is 2.22. The number of aliphatic hydroxyl groups is 1. The van der Waals surface area contributed by atoms with E-state index >= 15 is 0 Å². The van der Waals surface area contributed by atoms with Gasteiger partial charge >= 0.3 is 0 Å². The van der Waals surface area contributed by atoms with Gasteiger partial charge in [0.1, 0.15) is 0 Å².